The summed E-state index contributed by atoms with van der Waals surface area (Å²) in [4.78, 5) is 27.2. The fourth-order valence-electron chi connectivity index (χ4n) is 1.95. The van der Waals surface area contributed by atoms with Crippen LogP contribution in [-0.2, 0) is 4.79 Å². The number of anilines is 1. The lowest BCUT2D eigenvalue weighted by Crippen LogP contribution is -2.26. The first kappa shape index (κ1) is 15.5. The molecule has 0 radical (unpaired) electrons. The molecule has 0 spiro atoms. The van der Waals surface area contributed by atoms with Crippen LogP contribution in [0, 0.1) is 0 Å². The highest BCUT2D eigenvalue weighted by atomic mass is 16.3. The number of carbonyl (C=O) groups is 2. The number of benzene rings is 1. The molecule has 0 aliphatic carbocycles. The minimum Gasteiger partial charge on any atom is -0.508 e. The van der Waals surface area contributed by atoms with Crippen molar-refractivity contribution >= 4 is 17.6 Å². The summed E-state index contributed by atoms with van der Waals surface area (Å²) in [5.74, 6) is -0.00843. The maximum atomic E-state index is 12.2. The normalized spacial score (nSPS) is 11.5. The Bertz CT molecular complexity index is 683. The molecule has 6 nitrogen and oxygen atoms in total. The fraction of sp³-hybridized carbons (Fsp3) is 0.188. The number of rotatable bonds is 4. The third kappa shape index (κ3) is 4.05. The molecule has 2 aromatic rings. The monoisotopic (exact) mass is 299 g/mol. The number of phenols is 1. The summed E-state index contributed by atoms with van der Waals surface area (Å²) < 4.78 is 0. The van der Waals surface area contributed by atoms with E-state index in [1.807, 2.05) is 6.92 Å². The number of aromatic nitrogens is 1. The second kappa shape index (κ2) is 6.71. The number of phenolic OH excluding ortho intramolecular Hbond substituents is 1. The Morgan fingerprint density at radius 1 is 1.18 bits per heavy atom. The maximum absolute atomic E-state index is 12.2. The highest BCUT2D eigenvalue weighted by Gasteiger charge is 2.12. The number of hydrogen-bond donors (Lipinski definition) is 3. The minimum atomic E-state index is -0.269. The van der Waals surface area contributed by atoms with Gasteiger partial charge in [-0.25, -0.2) is 4.98 Å². The Kier molecular flexibility index (Phi) is 4.73. The number of amides is 2. The van der Waals surface area contributed by atoms with Crippen LogP contribution < -0.4 is 10.6 Å². The quantitative estimate of drug-likeness (QED) is 0.807. The number of aromatic hydroxyl groups is 1. The van der Waals surface area contributed by atoms with Crippen LogP contribution in [0.15, 0.2) is 42.6 Å². The molecule has 2 amide bonds. The van der Waals surface area contributed by atoms with E-state index in [4.69, 9.17) is 0 Å². The molecule has 1 atom stereocenters. The van der Waals surface area contributed by atoms with Crippen molar-refractivity contribution in [1.82, 2.24) is 10.3 Å². The molecule has 1 aromatic heterocycles. The number of hydrogen-bond acceptors (Lipinski definition) is 4. The molecule has 0 saturated carbocycles. The summed E-state index contributed by atoms with van der Waals surface area (Å²) in [6.07, 6.45) is 1.46. The molecular formula is C16H17N3O3. The Hall–Kier alpha value is -2.89. The van der Waals surface area contributed by atoms with Gasteiger partial charge in [-0.3, -0.25) is 9.59 Å². The molecule has 1 unspecified atom stereocenters. The van der Waals surface area contributed by atoms with Gasteiger partial charge in [0.05, 0.1) is 6.04 Å². The topological polar surface area (TPSA) is 91.3 Å². The van der Waals surface area contributed by atoms with Gasteiger partial charge in [0.15, 0.2) is 0 Å². The van der Waals surface area contributed by atoms with Crippen LogP contribution in [-0.4, -0.2) is 21.9 Å². The summed E-state index contributed by atoms with van der Waals surface area (Å²) in [5, 5.41) is 14.7. The highest BCUT2D eigenvalue weighted by Crippen LogP contribution is 2.17. The summed E-state index contributed by atoms with van der Waals surface area (Å²) in [6.45, 7) is 3.22. The zero-order valence-electron chi connectivity index (χ0n) is 12.3. The van der Waals surface area contributed by atoms with Crippen LogP contribution in [0.1, 0.15) is 35.8 Å². The van der Waals surface area contributed by atoms with E-state index in [-0.39, 0.29) is 23.6 Å². The van der Waals surface area contributed by atoms with Gasteiger partial charge in [0.25, 0.3) is 5.91 Å². The van der Waals surface area contributed by atoms with Gasteiger partial charge in [-0.1, -0.05) is 12.1 Å². The van der Waals surface area contributed by atoms with Gasteiger partial charge in [-0.15, -0.1) is 0 Å². The van der Waals surface area contributed by atoms with Crippen molar-refractivity contribution in [2.24, 2.45) is 0 Å². The first-order chi connectivity index (χ1) is 10.5. The van der Waals surface area contributed by atoms with E-state index in [2.05, 4.69) is 15.6 Å². The molecular weight excluding hydrogens is 282 g/mol. The second-order valence-electron chi connectivity index (χ2n) is 4.90. The average Bonchev–Trinajstić information content (AvgIpc) is 2.47. The summed E-state index contributed by atoms with van der Waals surface area (Å²) in [7, 11) is 0. The third-order valence-electron chi connectivity index (χ3n) is 3.07. The highest BCUT2D eigenvalue weighted by molar-refractivity contribution is 5.96. The standard InChI is InChI=1S/C16H17N3O3/c1-10(12-3-5-14(21)6-4-12)18-16(22)13-7-8-17-15(9-13)19-11(2)20/h3-10,21H,1-2H3,(H,18,22)(H,17,19,20). The smallest absolute Gasteiger partial charge is 0.251 e. The summed E-state index contributed by atoms with van der Waals surface area (Å²) in [5.41, 5.74) is 1.28. The molecule has 0 bridgehead atoms. The molecule has 6 heteroatoms. The maximum Gasteiger partial charge on any atom is 0.251 e. The SMILES string of the molecule is CC(=O)Nc1cc(C(=O)NC(C)c2ccc(O)cc2)ccn1. The molecule has 3 N–H and O–H groups in total. The minimum absolute atomic E-state index is 0.177. The van der Waals surface area contributed by atoms with Crippen LogP contribution >= 0.6 is 0 Å². The molecule has 114 valence electrons. The average molecular weight is 299 g/mol. The Labute approximate surface area is 128 Å². The van der Waals surface area contributed by atoms with E-state index in [0.717, 1.165) is 5.56 Å². The molecule has 1 aromatic carbocycles. The first-order valence-corrected chi connectivity index (χ1v) is 6.79. The Morgan fingerprint density at radius 3 is 2.50 bits per heavy atom. The van der Waals surface area contributed by atoms with E-state index < -0.39 is 0 Å². The van der Waals surface area contributed by atoms with E-state index in [1.54, 1.807) is 30.3 Å². The van der Waals surface area contributed by atoms with Gasteiger partial charge in [-0.05, 0) is 36.8 Å². The zero-order valence-corrected chi connectivity index (χ0v) is 12.3. The number of carbonyl (C=O) groups excluding carboxylic acids is 2. The van der Waals surface area contributed by atoms with Gasteiger partial charge in [-0.2, -0.15) is 0 Å². The van der Waals surface area contributed by atoms with Gasteiger partial charge in [0, 0.05) is 18.7 Å². The van der Waals surface area contributed by atoms with Crippen molar-refractivity contribution in [3.63, 3.8) is 0 Å². The molecule has 0 aliphatic heterocycles. The van der Waals surface area contributed by atoms with E-state index in [0.29, 0.717) is 11.4 Å². The molecule has 0 saturated heterocycles. The molecule has 0 fully saturated rings. The predicted molar refractivity (Wildman–Crippen MR) is 82.5 cm³/mol. The van der Waals surface area contributed by atoms with E-state index in [1.165, 1.54) is 19.2 Å². The Balaban J connectivity index is 2.08. The van der Waals surface area contributed by atoms with Gasteiger partial charge in [0.1, 0.15) is 11.6 Å². The lowest BCUT2D eigenvalue weighted by atomic mass is 10.1. The van der Waals surface area contributed by atoms with Gasteiger partial charge < -0.3 is 15.7 Å². The van der Waals surface area contributed by atoms with E-state index in [9.17, 15) is 14.7 Å². The van der Waals surface area contributed by atoms with Crippen LogP contribution in [0.2, 0.25) is 0 Å². The number of pyridine rings is 1. The van der Waals surface area contributed by atoms with Gasteiger partial charge >= 0.3 is 0 Å². The second-order valence-corrected chi connectivity index (χ2v) is 4.90. The summed E-state index contributed by atoms with van der Waals surface area (Å²) in [6, 6.07) is 9.50. The van der Waals surface area contributed by atoms with Crippen LogP contribution in [0.3, 0.4) is 0 Å². The lowest BCUT2D eigenvalue weighted by Gasteiger charge is -2.14. The number of nitrogens with one attached hydrogen (secondary N) is 2. The van der Waals surface area contributed by atoms with Crippen LogP contribution in [0.5, 0.6) is 5.75 Å². The first-order valence-electron chi connectivity index (χ1n) is 6.79. The van der Waals surface area contributed by atoms with Crippen molar-refractivity contribution in [2.45, 2.75) is 19.9 Å². The van der Waals surface area contributed by atoms with Crippen molar-refractivity contribution in [3.8, 4) is 5.75 Å². The van der Waals surface area contributed by atoms with Crippen molar-refractivity contribution in [3.05, 3.63) is 53.7 Å². The van der Waals surface area contributed by atoms with Gasteiger partial charge in [0.2, 0.25) is 5.91 Å². The lowest BCUT2D eigenvalue weighted by molar-refractivity contribution is -0.114. The van der Waals surface area contributed by atoms with Crippen molar-refractivity contribution in [1.29, 1.82) is 0 Å². The van der Waals surface area contributed by atoms with Crippen LogP contribution in [0.25, 0.3) is 0 Å². The Morgan fingerprint density at radius 2 is 1.86 bits per heavy atom. The predicted octanol–water partition coefficient (Wildman–Crippen LogP) is 2.24. The fourth-order valence-corrected chi connectivity index (χ4v) is 1.95. The molecule has 22 heavy (non-hydrogen) atoms. The van der Waals surface area contributed by atoms with Crippen molar-refractivity contribution in [2.75, 3.05) is 5.32 Å². The van der Waals surface area contributed by atoms with Crippen molar-refractivity contribution < 1.29 is 14.7 Å². The third-order valence-corrected chi connectivity index (χ3v) is 3.07. The number of nitrogens with zero attached hydrogens (tertiary/aromatic N) is 1. The summed E-state index contributed by atoms with van der Waals surface area (Å²) >= 11 is 0. The molecule has 2 rings (SSSR count). The van der Waals surface area contributed by atoms with E-state index >= 15 is 0 Å². The molecule has 0 aliphatic rings. The largest absolute Gasteiger partial charge is 0.508 e. The molecule has 1 heterocycles. The zero-order chi connectivity index (χ0) is 16.1. The van der Waals surface area contributed by atoms with Crippen LogP contribution in [0.4, 0.5) is 5.82 Å².